The van der Waals surface area contributed by atoms with E-state index in [0.29, 0.717) is 34.7 Å². The van der Waals surface area contributed by atoms with Crippen LogP contribution in [0, 0.1) is 0 Å². The predicted molar refractivity (Wildman–Crippen MR) is 225 cm³/mol. The molecule has 268 valence electrons. The van der Waals surface area contributed by atoms with Gasteiger partial charge in [-0.15, -0.1) is 0 Å². The molecular formula is C52H33N3O2. The van der Waals surface area contributed by atoms with Crippen molar-refractivity contribution in [3.63, 3.8) is 0 Å². The average molecular weight is 732 g/mol. The summed E-state index contributed by atoms with van der Waals surface area (Å²) in [5.41, 5.74) is 11.3. The van der Waals surface area contributed by atoms with E-state index in [1.54, 1.807) is 0 Å². The lowest BCUT2D eigenvalue weighted by molar-refractivity contribution is 0.360. The lowest BCUT2D eigenvalue weighted by atomic mass is 9.68. The molecule has 1 aliphatic heterocycles. The van der Waals surface area contributed by atoms with Crippen molar-refractivity contribution in [3.8, 4) is 79.4 Å². The van der Waals surface area contributed by atoms with E-state index in [0.717, 1.165) is 44.7 Å². The second kappa shape index (κ2) is 13.3. The van der Waals surface area contributed by atoms with Crippen LogP contribution < -0.4 is 9.47 Å². The van der Waals surface area contributed by atoms with Gasteiger partial charge in [0.1, 0.15) is 0 Å². The Morgan fingerprint density at radius 1 is 0.333 bits per heavy atom. The van der Waals surface area contributed by atoms with Crippen molar-refractivity contribution in [1.82, 2.24) is 15.0 Å². The third kappa shape index (κ3) is 5.35. The molecule has 1 aromatic heterocycles. The average Bonchev–Trinajstić information content (AvgIpc) is 3.61. The second-order valence-electron chi connectivity index (χ2n) is 14.3. The second-order valence-corrected chi connectivity index (χ2v) is 14.3. The lowest BCUT2D eigenvalue weighted by Crippen LogP contribution is -2.28. The maximum Gasteiger partial charge on any atom is 0.178 e. The van der Waals surface area contributed by atoms with Crippen LogP contribution in [0.3, 0.4) is 0 Å². The van der Waals surface area contributed by atoms with Gasteiger partial charge in [-0.2, -0.15) is 0 Å². The zero-order valence-corrected chi connectivity index (χ0v) is 30.7. The number of hydrogen-bond acceptors (Lipinski definition) is 5. The van der Waals surface area contributed by atoms with Crippen LogP contribution in [-0.2, 0) is 5.41 Å². The molecule has 0 saturated heterocycles. The van der Waals surface area contributed by atoms with Crippen LogP contribution in [0.25, 0.3) is 56.4 Å². The molecule has 2 heterocycles. The Morgan fingerprint density at radius 3 is 1.40 bits per heavy atom. The van der Waals surface area contributed by atoms with Gasteiger partial charge >= 0.3 is 0 Å². The largest absolute Gasteiger partial charge is 0.449 e. The lowest BCUT2D eigenvalue weighted by Gasteiger charge is -2.34. The van der Waals surface area contributed by atoms with Crippen molar-refractivity contribution in [2.45, 2.75) is 5.41 Å². The van der Waals surface area contributed by atoms with E-state index in [4.69, 9.17) is 24.4 Å². The molecule has 8 aromatic carbocycles. The minimum absolute atomic E-state index is 0.517. The molecular weight excluding hydrogens is 699 g/mol. The molecule has 2 aliphatic rings. The molecule has 0 radical (unpaired) electrons. The monoisotopic (exact) mass is 731 g/mol. The first-order valence-corrected chi connectivity index (χ1v) is 19.1. The van der Waals surface area contributed by atoms with Gasteiger partial charge in [0.25, 0.3) is 0 Å². The van der Waals surface area contributed by atoms with E-state index in [1.165, 1.54) is 22.3 Å². The Bertz CT molecular complexity index is 2840. The van der Waals surface area contributed by atoms with Crippen molar-refractivity contribution < 1.29 is 9.47 Å². The van der Waals surface area contributed by atoms with Gasteiger partial charge in [-0.1, -0.05) is 182 Å². The normalized spacial score (nSPS) is 13.0. The molecule has 0 fully saturated rings. The molecule has 5 nitrogen and oxygen atoms in total. The van der Waals surface area contributed by atoms with Gasteiger partial charge in [-0.05, 0) is 57.1 Å². The summed E-state index contributed by atoms with van der Waals surface area (Å²) in [7, 11) is 0. The highest BCUT2D eigenvalue weighted by atomic mass is 16.6. The van der Waals surface area contributed by atoms with Crippen LogP contribution in [-0.4, -0.2) is 15.0 Å². The smallest absolute Gasteiger partial charge is 0.178 e. The fourth-order valence-electron chi connectivity index (χ4n) is 8.49. The summed E-state index contributed by atoms with van der Waals surface area (Å²) in [4.78, 5) is 14.6. The van der Waals surface area contributed by atoms with Crippen molar-refractivity contribution in [2.75, 3.05) is 0 Å². The SMILES string of the molecule is c1ccc(-c2nc(-c3ccccc3)nc(-c3ccc(-c4ccc5c(c4)Oc4ccc6c(c4O5)-c4ccccc4C6(c4ccccc4)c4ccccc4)cc3)n2)cc1. The molecule has 57 heavy (non-hydrogen) atoms. The fourth-order valence-corrected chi connectivity index (χ4v) is 8.49. The van der Waals surface area contributed by atoms with Gasteiger partial charge in [-0.3, -0.25) is 0 Å². The maximum atomic E-state index is 6.86. The van der Waals surface area contributed by atoms with Crippen LogP contribution in [0.4, 0.5) is 0 Å². The van der Waals surface area contributed by atoms with Crippen molar-refractivity contribution in [2.24, 2.45) is 0 Å². The van der Waals surface area contributed by atoms with E-state index in [1.807, 2.05) is 66.7 Å². The number of ether oxygens (including phenoxy) is 2. The molecule has 0 spiro atoms. The molecule has 0 unspecified atom stereocenters. The topological polar surface area (TPSA) is 57.1 Å². The summed E-state index contributed by atoms with van der Waals surface area (Å²) in [5.74, 6) is 4.67. The number of hydrogen-bond donors (Lipinski definition) is 0. The summed E-state index contributed by atoms with van der Waals surface area (Å²) in [6.45, 7) is 0. The summed E-state index contributed by atoms with van der Waals surface area (Å²) in [6.07, 6.45) is 0. The first kappa shape index (κ1) is 32.8. The Morgan fingerprint density at radius 2 is 0.807 bits per heavy atom. The quantitative estimate of drug-likeness (QED) is 0.170. The summed E-state index contributed by atoms with van der Waals surface area (Å²) in [6, 6.07) is 69.0. The Balaban J connectivity index is 0.951. The molecule has 0 N–H and O–H groups in total. The first-order valence-electron chi connectivity index (χ1n) is 19.1. The predicted octanol–water partition coefficient (Wildman–Crippen LogP) is 12.8. The number of benzene rings is 8. The van der Waals surface area contributed by atoms with Gasteiger partial charge < -0.3 is 9.47 Å². The molecule has 5 heteroatoms. The van der Waals surface area contributed by atoms with Gasteiger partial charge in [0.05, 0.1) is 5.41 Å². The first-order chi connectivity index (χ1) is 28.2. The Hall–Kier alpha value is -7.63. The van der Waals surface area contributed by atoms with E-state index < -0.39 is 5.41 Å². The number of fused-ring (bicyclic) bond motifs is 6. The van der Waals surface area contributed by atoms with E-state index >= 15 is 0 Å². The van der Waals surface area contributed by atoms with E-state index in [-0.39, 0.29) is 0 Å². The maximum absolute atomic E-state index is 6.86. The minimum Gasteiger partial charge on any atom is -0.449 e. The number of aromatic nitrogens is 3. The summed E-state index contributed by atoms with van der Waals surface area (Å²) < 4.78 is 13.6. The third-order valence-electron chi connectivity index (χ3n) is 11.1. The van der Waals surface area contributed by atoms with Crippen LogP contribution in [0.2, 0.25) is 0 Å². The molecule has 0 saturated carbocycles. The zero-order valence-electron chi connectivity index (χ0n) is 30.7. The number of rotatable bonds is 6. The number of nitrogens with zero attached hydrogens (tertiary/aromatic N) is 3. The van der Waals surface area contributed by atoms with E-state index in [2.05, 4.69) is 133 Å². The molecule has 11 rings (SSSR count). The third-order valence-corrected chi connectivity index (χ3v) is 11.1. The fraction of sp³-hybridized carbons (Fsp3) is 0.0192. The van der Waals surface area contributed by atoms with Crippen molar-refractivity contribution in [3.05, 3.63) is 222 Å². The summed E-state index contributed by atoms with van der Waals surface area (Å²) in [5, 5.41) is 0. The summed E-state index contributed by atoms with van der Waals surface area (Å²) >= 11 is 0. The highest BCUT2D eigenvalue weighted by Gasteiger charge is 2.48. The van der Waals surface area contributed by atoms with Gasteiger partial charge in [0.15, 0.2) is 40.5 Å². The van der Waals surface area contributed by atoms with Crippen LogP contribution in [0.15, 0.2) is 200 Å². The van der Waals surface area contributed by atoms with E-state index in [9.17, 15) is 0 Å². The standard InChI is InChI=1S/C52H33N3O2/c1-5-15-35(16-6-1)49-53-50(36-17-7-2-8-18-36)55-51(54-49)37-27-25-34(26-28-37)38-29-31-44-46(33-38)56-45-32-30-43-47(48(45)57-44)41-23-13-14-24-42(41)52(43,39-19-9-3-10-20-39)40-21-11-4-12-22-40/h1-33H. The molecule has 0 bridgehead atoms. The van der Waals surface area contributed by atoms with Gasteiger partial charge in [0, 0.05) is 22.3 Å². The van der Waals surface area contributed by atoms with Gasteiger partial charge in [0.2, 0.25) is 0 Å². The Kier molecular flexibility index (Phi) is 7.64. The molecule has 0 atom stereocenters. The highest BCUT2D eigenvalue weighted by Crippen LogP contribution is 2.62. The molecule has 1 aliphatic carbocycles. The molecule has 9 aromatic rings. The minimum atomic E-state index is -0.517. The highest BCUT2D eigenvalue weighted by molar-refractivity contribution is 5.92. The van der Waals surface area contributed by atoms with Crippen molar-refractivity contribution in [1.29, 1.82) is 0 Å². The zero-order chi connectivity index (χ0) is 37.8. The van der Waals surface area contributed by atoms with Crippen LogP contribution in [0.1, 0.15) is 22.3 Å². The van der Waals surface area contributed by atoms with Crippen LogP contribution in [0.5, 0.6) is 23.0 Å². The van der Waals surface area contributed by atoms with Crippen LogP contribution >= 0.6 is 0 Å². The Labute approximate surface area is 330 Å². The van der Waals surface area contributed by atoms with Gasteiger partial charge in [-0.25, -0.2) is 15.0 Å². The molecule has 0 amide bonds. The van der Waals surface area contributed by atoms with Crippen molar-refractivity contribution >= 4 is 0 Å².